The van der Waals surface area contributed by atoms with Crippen LogP contribution in [0.25, 0.3) is 10.9 Å². The first kappa shape index (κ1) is 15.1. The van der Waals surface area contributed by atoms with Crippen molar-refractivity contribution in [1.29, 1.82) is 0 Å². The van der Waals surface area contributed by atoms with Crippen molar-refractivity contribution in [2.75, 3.05) is 30.5 Å². The summed E-state index contributed by atoms with van der Waals surface area (Å²) in [4.78, 5) is 6.39. The van der Waals surface area contributed by atoms with Crippen molar-refractivity contribution in [3.05, 3.63) is 35.9 Å². The van der Waals surface area contributed by atoms with Crippen molar-refractivity contribution >= 4 is 38.2 Å². The Morgan fingerprint density at radius 1 is 1.30 bits per heavy atom. The van der Waals surface area contributed by atoms with E-state index in [9.17, 15) is 8.42 Å². The van der Waals surface area contributed by atoms with Crippen LogP contribution < -0.4 is 4.90 Å². The van der Waals surface area contributed by atoms with E-state index in [4.69, 9.17) is 11.6 Å². The van der Waals surface area contributed by atoms with Gasteiger partial charge in [0.2, 0.25) is 0 Å². The molecule has 6 heteroatoms. The number of para-hydroxylation sites is 1. The molecule has 108 valence electrons. The number of fused-ring (bicyclic) bond motifs is 1. The molecule has 0 aliphatic rings. The fraction of sp³-hybridized carbons (Fsp3) is 0.357. The standard InChI is InChI=1S/C14H17ClN2O2S/c1-17(7-8-20(2,18)19)14-9-11(10-15)12-5-3-4-6-13(12)16-14/h3-6,9H,7-8,10H2,1-2H3. The number of rotatable bonds is 5. The Morgan fingerprint density at radius 3 is 2.65 bits per heavy atom. The molecular weight excluding hydrogens is 296 g/mol. The number of nitrogens with zero attached hydrogens (tertiary/aromatic N) is 2. The van der Waals surface area contributed by atoms with Crippen molar-refractivity contribution in [1.82, 2.24) is 4.98 Å². The summed E-state index contributed by atoms with van der Waals surface area (Å²) in [5.41, 5.74) is 1.87. The zero-order valence-electron chi connectivity index (χ0n) is 11.5. The Balaban J connectivity index is 2.34. The molecule has 0 unspecified atom stereocenters. The summed E-state index contributed by atoms with van der Waals surface area (Å²) in [6.07, 6.45) is 1.23. The first-order valence-corrected chi connectivity index (χ1v) is 8.84. The smallest absolute Gasteiger partial charge is 0.149 e. The van der Waals surface area contributed by atoms with Crippen molar-refractivity contribution in [3.8, 4) is 0 Å². The van der Waals surface area contributed by atoms with Gasteiger partial charge in [0.15, 0.2) is 0 Å². The SMILES string of the molecule is CN(CCS(C)(=O)=O)c1cc(CCl)c2ccccc2n1. The zero-order chi connectivity index (χ0) is 14.8. The monoisotopic (exact) mass is 312 g/mol. The summed E-state index contributed by atoms with van der Waals surface area (Å²) in [5, 5.41) is 1.03. The summed E-state index contributed by atoms with van der Waals surface area (Å²) >= 11 is 5.99. The summed E-state index contributed by atoms with van der Waals surface area (Å²) in [5.74, 6) is 1.24. The Morgan fingerprint density at radius 2 is 2.00 bits per heavy atom. The van der Waals surface area contributed by atoms with Crippen LogP contribution in [0.3, 0.4) is 0 Å². The second-order valence-electron chi connectivity index (χ2n) is 4.84. The van der Waals surface area contributed by atoms with E-state index in [0.29, 0.717) is 12.4 Å². The van der Waals surface area contributed by atoms with Crippen molar-refractivity contribution in [2.24, 2.45) is 0 Å². The molecule has 0 bridgehead atoms. The molecule has 0 saturated heterocycles. The first-order valence-electron chi connectivity index (χ1n) is 6.24. The Bertz CT molecular complexity index is 716. The van der Waals surface area contributed by atoms with Gasteiger partial charge in [-0.25, -0.2) is 13.4 Å². The van der Waals surface area contributed by atoms with Gasteiger partial charge < -0.3 is 4.90 Å². The zero-order valence-corrected chi connectivity index (χ0v) is 13.1. The van der Waals surface area contributed by atoms with Gasteiger partial charge in [-0.2, -0.15) is 0 Å². The van der Waals surface area contributed by atoms with Gasteiger partial charge in [-0.05, 0) is 17.7 Å². The molecule has 1 aromatic heterocycles. The Labute approximate surface area is 124 Å². The van der Waals surface area contributed by atoms with Crippen LogP contribution >= 0.6 is 11.6 Å². The van der Waals surface area contributed by atoms with Crippen LogP contribution in [0.4, 0.5) is 5.82 Å². The molecule has 0 radical (unpaired) electrons. The van der Waals surface area contributed by atoms with Gasteiger partial charge in [0.25, 0.3) is 0 Å². The number of pyridine rings is 1. The molecule has 0 aliphatic carbocycles. The second-order valence-corrected chi connectivity index (χ2v) is 7.37. The van der Waals surface area contributed by atoms with Crippen LogP contribution in [0.2, 0.25) is 0 Å². The fourth-order valence-electron chi connectivity index (χ4n) is 1.96. The summed E-state index contributed by atoms with van der Waals surface area (Å²) in [7, 11) is -1.15. The van der Waals surface area contributed by atoms with E-state index < -0.39 is 9.84 Å². The molecule has 1 aromatic carbocycles. The predicted molar refractivity (Wildman–Crippen MR) is 84.3 cm³/mol. The predicted octanol–water partition coefficient (Wildman–Crippen LogP) is 2.45. The minimum absolute atomic E-state index is 0.105. The van der Waals surface area contributed by atoms with Crippen molar-refractivity contribution in [2.45, 2.75) is 5.88 Å². The van der Waals surface area contributed by atoms with Gasteiger partial charge >= 0.3 is 0 Å². The number of aromatic nitrogens is 1. The van der Waals surface area contributed by atoms with E-state index in [1.807, 2.05) is 42.3 Å². The average molecular weight is 313 g/mol. The lowest BCUT2D eigenvalue weighted by atomic mass is 10.1. The molecule has 2 rings (SSSR count). The molecule has 0 aliphatic heterocycles. The van der Waals surface area contributed by atoms with Crippen LogP contribution in [-0.4, -0.2) is 39.0 Å². The van der Waals surface area contributed by atoms with E-state index >= 15 is 0 Å². The largest absolute Gasteiger partial charge is 0.359 e. The molecule has 1 heterocycles. The summed E-state index contributed by atoms with van der Waals surface area (Å²) in [6, 6.07) is 9.71. The number of halogens is 1. The highest BCUT2D eigenvalue weighted by atomic mass is 35.5. The highest BCUT2D eigenvalue weighted by Crippen LogP contribution is 2.23. The molecule has 20 heavy (non-hydrogen) atoms. The molecule has 0 atom stereocenters. The number of benzene rings is 1. The molecular formula is C14H17ClN2O2S. The van der Waals surface area contributed by atoms with E-state index in [1.165, 1.54) is 6.26 Å². The maximum Gasteiger partial charge on any atom is 0.149 e. The average Bonchev–Trinajstić information content (AvgIpc) is 2.42. The van der Waals surface area contributed by atoms with Crippen molar-refractivity contribution < 1.29 is 8.42 Å². The van der Waals surface area contributed by atoms with E-state index in [0.717, 1.165) is 22.3 Å². The molecule has 0 saturated carbocycles. The summed E-state index contributed by atoms with van der Waals surface area (Å²) in [6.45, 7) is 0.409. The third-order valence-electron chi connectivity index (χ3n) is 3.12. The number of sulfone groups is 1. The Hall–Kier alpha value is -1.33. The van der Waals surface area contributed by atoms with Crippen LogP contribution in [-0.2, 0) is 15.7 Å². The molecule has 0 amide bonds. The maximum atomic E-state index is 11.2. The topological polar surface area (TPSA) is 50.3 Å². The molecule has 0 N–H and O–H groups in total. The molecule has 4 nitrogen and oxygen atoms in total. The van der Waals surface area contributed by atoms with Gasteiger partial charge in [-0.3, -0.25) is 0 Å². The first-order chi connectivity index (χ1) is 9.40. The molecule has 0 fully saturated rings. The van der Waals surface area contributed by atoms with Crippen LogP contribution in [0.1, 0.15) is 5.56 Å². The number of anilines is 1. The van der Waals surface area contributed by atoms with Gasteiger partial charge in [0.1, 0.15) is 15.7 Å². The maximum absolute atomic E-state index is 11.2. The fourth-order valence-corrected chi connectivity index (χ4v) is 2.78. The highest BCUT2D eigenvalue weighted by Gasteiger charge is 2.10. The number of alkyl halides is 1. The van der Waals surface area contributed by atoms with Gasteiger partial charge in [0.05, 0.1) is 11.3 Å². The van der Waals surface area contributed by atoms with Crippen LogP contribution in [0.15, 0.2) is 30.3 Å². The number of hydrogen-bond acceptors (Lipinski definition) is 4. The third-order valence-corrected chi connectivity index (χ3v) is 4.33. The lowest BCUT2D eigenvalue weighted by molar-refractivity contribution is 0.601. The molecule has 2 aromatic rings. The second kappa shape index (κ2) is 5.97. The quantitative estimate of drug-likeness (QED) is 0.796. The van der Waals surface area contributed by atoms with Crippen LogP contribution in [0.5, 0.6) is 0 Å². The van der Waals surface area contributed by atoms with E-state index in [2.05, 4.69) is 4.98 Å². The highest BCUT2D eigenvalue weighted by molar-refractivity contribution is 7.90. The van der Waals surface area contributed by atoms with E-state index in [1.54, 1.807) is 0 Å². The van der Waals surface area contributed by atoms with Gasteiger partial charge in [0, 0.05) is 31.1 Å². The lowest BCUT2D eigenvalue weighted by Crippen LogP contribution is -2.25. The number of hydrogen-bond donors (Lipinski definition) is 0. The minimum Gasteiger partial charge on any atom is -0.359 e. The normalized spacial score (nSPS) is 11.8. The van der Waals surface area contributed by atoms with E-state index in [-0.39, 0.29) is 5.75 Å². The summed E-state index contributed by atoms with van der Waals surface area (Å²) < 4.78 is 22.5. The van der Waals surface area contributed by atoms with Gasteiger partial charge in [-0.1, -0.05) is 18.2 Å². The van der Waals surface area contributed by atoms with Crippen LogP contribution in [0, 0.1) is 0 Å². The third kappa shape index (κ3) is 3.61. The van der Waals surface area contributed by atoms with Crippen molar-refractivity contribution in [3.63, 3.8) is 0 Å². The molecule has 0 spiro atoms. The minimum atomic E-state index is -2.98. The lowest BCUT2D eigenvalue weighted by Gasteiger charge is -2.19. The Kier molecular flexibility index (Phi) is 4.50. The van der Waals surface area contributed by atoms with Gasteiger partial charge in [-0.15, -0.1) is 11.6 Å².